The molecule has 4 aromatic rings. The van der Waals surface area contributed by atoms with Crippen LogP contribution in [0.2, 0.25) is 0 Å². The second-order valence-corrected chi connectivity index (χ2v) is 11.7. The Morgan fingerprint density at radius 3 is 1.88 bits per heavy atom. The summed E-state index contributed by atoms with van der Waals surface area (Å²) in [5, 5.41) is 4.54. The van der Waals surface area contributed by atoms with Crippen LogP contribution in [-0.4, -0.2) is 66.1 Å². The highest BCUT2D eigenvalue weighted by Crippen LogP contribution is 2.40. The molecule has 5 nitrogen and oxygen atoms in total. The molecule has 3 aromatic carbocycles. The van der Waals surface area contributed by atoms with E-state index in [-0.39, 0.29) is 11.8 Å². The SMILES string of the molecule is O=C(NCCN1CCCCC1)c1c(C(c2ccccc2)c2ccccc2)c2ccccc2n1CCCN1CCCC1. The van der Waals surface area contributed by atoms with Crippen LogP contribution < -0.4 is 5.32 Å². The van der Waals surface area contributed by atoms with Crippen molar-refractivity contribution in [2.24, 2.45) is 0 Å². The number of aromatic nitrogens is 1. The average Bonchev–Trinajstić information content (AvgIpc) is 3.66. The largest absolute Gasteiger partial charge is 0.349 e. The Hall–Kier alpha value is -3.41. The summed E-state index contributed by atoms with van der Waals surface area (Å²) in [6.07, 6.45) is 7.49. The Morgan fingerprint density at radius 1 is 0.659 bits per heavy atom. The molecule has 2 saturated heterocycles. The van der Waals surface area contributed by atoms with Crippen LogP contribution in [0.4, 0.5) is 0 Å². The molecule has 6 rings (SSSR count). The van der Waals surface area contributed by atoms with Gasteiger partial charge in [-0.1, -0.05) is 85.3 Å². The van der Waals surface area contributed by atoms with Gasteiger partial charge in [-0.05, 0) is 82.0 Å². The number of carbonyl (C=O) groups excluding carboxylic acids is 1. The number of fused-ring (bicyclic) bond motifs is 1. The lowest BCUT2D eigenvalue weighted by Crippen LogP contribution is -2.38. The Kier molecular flexibility index (Phi) is 9.14. The molecule has 3 heterocycles. The predicted molar refractivity (Wildman–Crippen MR) is 169 cm³/mol. The molecule has 1 amide bonds. The van der Waals surface area contributed by atoms with Gasteiger partial charge in [0.15, 0.2) is 0 Å². The lowest BCUT2D eigenvalue weighted by atomic mass is 9.83. The summed E-state index contributed by atoms with van der Waals surface area (Å²) in [6, 6.07) is 30.0. The minimum absolute atomic E-state index is 0.0371. The van der Waals surface area contributed by atoms with Gasteiger partial charge >= 0.3 is 0 Å². The molecule has 0 unspecified atom stereocenters. The smallest absolute Gasteiger partial charge is 0.268 e. The zero-order chi connectivity index (χ0) is 27.9. The molecule has 41 heavy (non-hydrogen) atoms. The first kappa shape index (κ1) is 27.7. The third-order valence-corrected chi connectivity index (χ3v) is 9.00. The maximum Gasteiger partial charge on any atom is 0.268 e. The van der Waals surface area contributed by atoms with Gasteiger partial charge < -0.3 is 19.7 Å². The number of likely N-dealkylation sites (tertiary alicyclic amines) is 2. The molecule has 1 aromatic heterocycles. The number of nitrogens with one attached hydrogen (secondary N) is 1. The summed E-state index contributed by atoms with van der Waals surface area (Å²) < 4.78 is 2.33. The lowest BCUT2D eigenvalue weighted by molar-refractivity contribution is 0.0936. The predicted octanol–water partition coefficient (Wildman–Crippen LogP) is 6.52. The zero-order valence-electron chi connectivity index (χ0n) is 24.3. The number of carbonyl (C=O) groups is 1. The highest BCUT2D eigenvalue weighted by Gasteiger charge is 2.30. The molecule has 2 fully saturated rings. The molecule has 5 heteroatoms. The van der Waals surface area contributed by atoms with Gasteiger partial charge in [0.1, 0.15) is 5.69 Å². The molecular formula is C36H44N4O. The molecule has 2 aliphatic rings. The monoisotopic (exact) mass is 548 g/mol. The van der Waals surface area contributed by atoms with Crippen molar-refractivity contribution < 1.29 is 4.79 Å². The van der Waals surface area contributed by atoms with Crippen molar-refractivity contribution in [1.29, 1.82) is 0 Å². The number of hydrogen-bond acceptors (Lipinski definition) is 3. The molecule has 0 saturated carbocycles. The number of para-hydroxylation sites is 1. The van der Waals surface area contributed by atoms with E-state index in [9.17, 15) is 4.79 Å². The van der Waals surface area contributed by atoms with Crippen molar-refractivity contribution in [3.05, 3.63) is 107 Å². The van der Waals surface area contributed by atoms with Crippen LogP contribution in [0.15, 0.2) is 84.9 Å². The number of piperidine rings is 1. The second kappa shape index (κ2) is 13.5. The van der Waals surface area contributed by atoms with Gasteiger partial charge in [-0.15, -0.1) is 0 Å². The van der Waals surface area contributed by atoms with E-state index in [1.54, 1.807) is 0 Å². The van der Waals surface area contributed by atoms with Gasteiger partial charge in [-0.2, -0.15) is 0 Å². The van der Waals surface area contributed by atoms with E-state index in [1.807, 2.05) is 0 Å². The molecule has 0 radical (unpaired) electrons. The first-order chi connectivity index (χ1) is 20.3. The molecule has 1 N–H and O–H groups in total. The lowest BCUT2D eigenvalue weighted by Gasteiger charge is -2.26. The normalized spacial score (nSPS) is 16.5. The van der Waals surface area contributed by atoms with E-state index in [2.05, 4.69) is 105 Å². The van der Waals surface area contributed by atoms with Crippen molar-refractivity contribution in [2.45, 2.75) is 51.0 Å². The fraction of sp³-hybridized carbons (Fsp3) is 0.417. The van der Waals surface area contributed by atoms with Crippen LogP contribution in [-0.2, 0) is 6.54 Å². The van der Waals surface area contributed by atoms with E-state index in [0.717, 1.165) is 55.9 Å². The van der Waals surface area contributed by atoms with Crippen molar-refractivity contribution in [2.75, 3.05) is 45.8 Å². The highest BCUT2D eigenvalue weighted by atomic mass is 16.2. The maximum absolute atomic E-state index is 14.3. The maximum atomic E-state index is 14.3. The molecule has 0 spiro atoms. The molecule has 2 aliphatic heterocycles. The number of rotatable bonds is 11. The Labute approximate surface area is 245 Å². The summed E-state index contributed by atoms with van der Waals surface area (Å²) in [5.41, 5.74) is 5.52. The summed E-state index contributed by atoms with van der Waals surface area (Å²) in [7, 11) is 0. The molecule has 214 valence electrons. The molecule has 0 bridgehead atoms. The average molecular weight is 549 g/mol. The van der Waals surface area contributed by atoms with Crippen LogP contribution in [0, 0.1) is 0 Å². The fourth-order valence-corrected chi connectivity index (χ4v) is 6.97. The quantitative estimate of drug-likeness (QED) is 0.232. The van der Waals surface area contributed by atoms with Crippen LogP contribution in [0.5, 0.6) is 0 Å². The molecule has 0 aliphatic carbocycles. The number of nitrogens with zero attached hydrogens (tertiary/aromatic N) is 3. The van der Waals surface area contributed by atoms with Gasteiger partial charge in [0.05, 0.1) is 0 Å². The van der Waals surface area contributed by atoms with Crippen LogP contribution in [0.3, 0.4) is 0 Å². The van der Waals surface area contributed by atoms with Crippen molar-refractivity contribution in [1.82, 2.24) is 19.7 Å². The van der Waals surface area contributed by atoms with E-state index in [1.165, 1.54) is 61.7 Å². The minimum atomic E-state index is -0.0371. The summed E-state index contributed by atoms with van der Waals surface area (Å²) in [6.45, 7) is 8.19. The number of benzene rings is 3. The minimum Gasteiger partial charge on any atom is -0.349 e. The Bertz CT molecular complexity index is 1360. The van der Waals surface area contributed by atoms with Crippen LogP contribution in [0.1, 0.15) is 71.6 Å². The topological polar surface area (TPSA) is 40.5 Å². The summed E-state index contributed by atoms with van der Waals surface area (Å²) in [4.78, 5) is 19.4. The number of amides is 1. The van der Waals surface area contributed by atoms with E-state index >= 15 is 0 Å². The van der Waals surface area contributed by atoms with Gasteiger partial charge in [0, 0.05) is 42.0 Å². The van der Waals surface area contributed by atoms with E-state index < -0.39 is 0 Å². The van der Waals surface area contributed by atoms with Gasteiger partial charge in [-0.3, -0.25) is 4.79 Å². The van der Waals surface area contributed by atoms with Gasteiger partial charge in [-0.25, -0.2) is 0 Å². The Balaban J connectivity index is 1.41. The van der Waals surface area contributed by atoms with Gasteiger partial charge in [0.2, 0.25) is 0 Å². The first-order valence-corrected chi connectivity index (χ1v) is 15.7. The van der Waals surface area contributed by atoms with Crippen molar-refractivity contribution in [3.8, 4) is 0 Å². The number of hydrogen-bond donors (Lipinski definition) is 1. The van der Waals surface area contributed by atoms with Crippen molar-refractivity contribution in [3.63, 3.8) is 0 Å². The zero-order valence-corrected chi connectivity index (χ0v) is 24.3. The molecule has 0 atom stereocenters. The van der Waals surface area contributed by atoms with Crippen LogP contribution in [0.25, 0.3) is 10.9 Å². The number of aryl methyl sites for hydroxylation is 1. The third kappa shape index (κ3) is 6.42. The second-order valence-electron chi connectivity index (χ2n) is 11.7. The fourth-order valence-electron chi connectivity index (χ4n) is 6.97. The van der Waals surface area contributed by atoms with E-state index in [4.69, 9.17) is 0 Å². The highest BCUT2D eigenvalue weighted by molar-refractivity contribution is 6.02. The van der Waals surface area contributed by atoms with Crippen molar-refractivity contribution >= 4 is 16.8 Å². The summed E-state index contributed by atoms with van der Waals surface area (Å²) in [5.74, 6) is 0.0104. The Morgan fingerprint density at radius 2 is 1.22 bits per heavy atom. The van der Waals surface area contributed by atoms with Crippen LogP contribution >= 0.6 is 0 Å². The van der Waals surface area contributed by atoms with E-state index in [0.29, 0.717) is 6.54 Å². The first-order valence-electron chi connectivity index (χ1n) is 15.7. The van der Waals surface area contributed by atoms with Gasteiger partial charge in [0.25, 0.3) is 5.91 Å². The standard InChI is InChI=1S/C36H44N4O/c41-36(37-21-28-39-22-10-3-11-23-39)35-34(33(29-15-4-1-5-16-29)30-17-6-2-7-18-30)31-19-8-9-20-32(31)40(35)27-14-26-38-24-12-13-25-38/h1-2,4-9,15-20,33H,3,10-14,21-28H2,(H,37,41). The molecular weight excluding hydrogens is 504 g/mol. The third-order valence-electron chi connectivity index (χ3n) is 9.00. The summed E-state index contributed by atoms with van der Waals surface area (Å²) >= 11 is 0.